The lowest BCUT2D eigenvalue weighted by molar-refractivity contribution is -0.179. The molecule has 0 spiro atoms. The topological polar surface area (TPSA) is 54.0 Å². The number of benzene rings is 1. The Morgan fingerprint density at radius 1 is 1.33 bits per heavy atom. The second kappa shape index (κ2) is 6.60. The summed E-state index contributed by atoms with van der Waals surface area (Å²) >= 11 is 2.21. The van der Waals surface area contributed by atoms with Crippen molar-refractivity contribution in [1.82, 2.24) is 0 Å². The van der Waals surface area contributed by atoms with Gasteiger partial charge >= 0.3 is 5.97 Å². The van der Waals surface area contributed by atoms with Gasteiger partial charge in [0, 0.05) is 6.92 Å². The predicted molar refractivity (Wildman–Crippen MR) is 83.0 cm³/mol. The lowest BCUT2D eigenvalue weighted by atomic mass is 10.1. The number of halogens is 1. The van der Waals surface area contributed by atoms with Crippen LogP contribution in [0.15, 0.2) is 30.3 Å². The van der Waals surface area contributed by atoms with Crippen LogP contribution in [-0.2, 0) is 30.3 Å². The van der Waals surface area contributed by atoms with Crippen molar-refractivity contribution < 1.29 is 23.7 Å². The number of hydrogen-bond donors (Lipinski definition) is 0. The van der Waals surface area contributed by atoms with Gasteiger partial charge < -0.3 is 18.9 Å². The Hall–Kier alpha value is -0.700. The van der Waals surface area contributed by atoms with E-state index in [-0.39, 0.29) is 28.2 Å². The van der Waals surface area contributed by atoms with Gasteiger partial charge in [0.25, 0.3) is 0 Å². The highest BCUT2D eigenvalue weighted by Gasteiger charge is 2.53. The molecule has 2 aliphatic heterocycles. The van der Waals surface area contributed by atoms with Gasteiger partial charge in [-0.05, 0) is 5.56 Å². The van der Waals surface area contributed by atoms with Crippen LogP contribution < -0.4 is 0 Å². The maximum absolute atomic E-state index is 11.1. The molecule has 114 valence electrons. The van der Waals surface area contributed by atoms with E-state index in [4.69, 9.17) is 18.9 Å². The molecule has 1 aromatic rings. The van der Waals surface area contributed by atoms with Gasteiger partial charge in [0.15, 0.2) is 0 Å². The zero-order valence-corrected chi connectivity index (χ0v) is 13.8. The summed E-state index contributed by atoms with van der Waals surface area (Å²) in [4.78, 5) is 11.1. The molecule has 2 heterocycles. The Morgan fingerprint density at radius 2 is 2.10 bits per heavy atom. The lowest BCUT2D eigenvalue weighted by Gasteiger charge is -2.19. The molecule has 0 bridgehead atoms. The minimum atomic E-state index is -0.554. The number of esters is 1. The summed E-state index contributed by atoms with van der Waals surface area (Å²) in [5.41, 5.74) is 1.11. The van der Waals surface area contributed by atoms with Crippen LogP contribution in [-0.4, -0.2) is 41.1 Å². The quantitative estimate of drug-likeness (QED) is 0.437. The highest BCUT2D eigenvalue weighted by molar-refractivity contribution is 14.1. The van der Waals surface area contributed by atoms with Crippen molar-refractivity contribution in [2.24, 2.45) is 0 Å². The Balaban J connectivity index is 1.58. The van der Waals surface area contributed by atoms with E-state index in [1.54, 1.807) is 0 Å². The van der Waals surface area contributed by atoms with Crippen molar-refractivity contribution in [3.63, 3.8) is 0 Å². The van der Waals surface area contributed by atoms with Gasteiger partial charge in [0.1, 0.15) is 22.2 Å². The Morgan fingerprint density at radius 3 is 2.81 bits per heavy atom. The molecule has 0 radical (unpaired) electrons. The molecule has 21 heavy (non-hydrogen) atoms. The SMILES string of the molecule is CC(=O)O[C@@H]1O[C@H]2[C@H](OC[C@H]2OCc2ccccc2)[C@H]1I. The fraction of sp³-hybridized carbons (Fsp3) is 0.533. The van der Waals surface area contributed by atoms with Crippen LogP contribution in [0.5, 0.6) is 0 Å². The molecule has 3 rings (SSSR count). The fourth-order valence-electron chi connectivity index (χ4n) is 2.61. The molecule has 2 aliphatic rings. The Labute approximate surface area is 137 Å². The van der Waals surface area contributed by atoms with Gasteiger partial charge in [-0.25, -0.2) is 0 Å². The maximum atomic E-state index is 11.1. The van der Waals surface area contributed by atoms with Crippen LogP contribution in [0.2, 0.25) is 0 Å². The summed E-state index contributed by atoms with van der Waals surface area (Å²) in [6.45, 7) is 2.41. The van der Waals surface area contributed by atoms with E-state index < -0.39 is 6.29 Å². The van der Waals surface area contributed by atoms with Crippen LogP contribution in [0.4, 0.5) is 0 Å². The van der Waals surface area contributed by atoms with Crippen LogP contribution in [0, 0.1) is 0 Å². The van der Waals surface area contributed by atoms with E-state index in [0.29, 0.717) is 13.2 Å². The van der Waals surface area contributed by atoms with Crippen LogP contribution in [0.1, 0.15) is 12.5 Å². The first-order valence-corrected chi connectivity index (χ1v) is 8.13. The van der Waals surface area contributed by atoms with E-state index in [9.17, 15) is 4.79 Å². The second-order valence-corrected chi connectivity index (χ2v) is 6.59. The molecule has 0 amide bonds. The van der Waals surface area contributed by atoms with Crippen molar-refractivity contribution in [3.05, 3.63) is 35.9 Å². The van der Waals surface area contributed by atoms with Crippen molar-refractivity contribution in [3.8, 4) is 0 Å². The standard InChI is InChI=1S/C15H17IO5/c1-9(17)20-15-12(16)14-13(21-15)11(8-19-14)18-7-10-5-3-2-4-6-10/h2-6,11-15H,7-8H2,1H3/t11-,12-,13-,14-,15-/m1/s1. The highest BCUT2D eigenvalue weighted by Crippen LogP contribution is 2.37. The molecule has 0 N–H and O–H groups in total. The molecule has 0 saturated carbocycles. The Kier molecular flexibility index (Phi) is 4.78. The number of carbonyl (C=O) groups is 1. The van der Waals surface area contributed by atoms with Crippen molar-refractivity contribution in [2.45, 2.75) is 42.1 Å². The van der Waals surface area contributed by atoms with E-state index in [1.807, 2.05) is 30.3 Å². The molecule has 1 aromatic carbocycles. The van der Waals surface area contributed by atoms with Crippen LogP contribution in [0.3, 0.4) is 0 Å². The molecular formula is C15H17IO5. The summed E-state index contributed by atoms with van der Waals surface area (Å²) in [6.07, 6.45) is -0.954. The third-order valence-electron chi connectivity index (χ3n) is 3.60. The van der Waals surface area contributed by atoms with E-state index in [0.717, 1.165) is 5.56 Å². The second-order valence-electron chi connectivity index (χ2n) is 5.16. The largest absolute Gasteiger partial charge is 0.435 e. The van der Waals surface area contributed by atoms with E-state index in [1.165, 1.54) is 6.92 Å². The fourth-order valence-corrected chi connectivity index (χ4v) is 3.54. The van der Waals surface area contributed by atoms with Gasteiger partial charge in [0.05, 0.1) is 13.2 Å². The summed E-state index contributed by atoms with van der Waals surface area (Å²) < 4.78 is 22.6. The van der Waals surface area contributed by atoms with Crippen molar-refractivity contribution in [2.75, 3.05) is 6.61 Å². The third-order valence-corrected chi connectivity index (χ3v) is 4.89. The average molecular weight is 404 g/mol. The molecule has 2 fully saturated rings. The number of fused-ring (bicyclic) bond motifs is 1. The zero-order chi connectivity index (χ0) is 14.8. The first kappa shape index (κ1) is 15.2. The number of carbonyl (C=O) groups excluding carboxylic acids is 1. The molecule has 0 aromatic heterocycles. The minimum Gasteiger partial charge on any atom is -0.435 e. The normalized spacial score (nSPS) is 34.7. The molecule has 5 nitrogen and oxygen atoms in total. The maximum Gasteiger partial charge on any atom is 0.304 e. The summed E-state index contributed by atoms with van der Waals surface area (Å²) in [5.74, 6) is -0.344. The third kappa shape index (κ3) is 3.39. The van der Waals surface area contributed by atoms with Gasteiger partial charge in [-0.3, -0.25) is 4.79 Å². The average Bonchev–Trinajstić information content (AvgIpc) is 2.99. The van der Waals surface area contributed by atoms with E-state index in [2.05, 4.69) is 22.6 Å². The predicted octanol–water partition coefficient (Wildman–Crippen LogP) is 2.06. The summed E-state index contributed by atoms with van der Waals surface area (Å²) in [6, 6.07) is 9.98. The molecule has 0 unspecified atom stereocenters. The van der Waals surface area contributed by atoms with Gasteiger partial charge in [-0.15, -0.1) is 0 Å². The summed E-state index contributed by atoms with van der Waals surface area (Å²) in [7, 11) is 0. The Bertz CT molecular complexity index is 494. The highest BCUT2D eigenvalue weighted by atomic mass is 127. The van der Waals surface area contributed by atoms with Gasteiger partial charge in [-0.2, -0.15) is 0 Å². The van der Waals surface area contributed by atoms with Crippen LogP contribution >= 0.6 is 22.6 Å². The van der Waals surface area contributed by atoms with Gasteiger partial charge in [-0.1, -0.05) is 52.9 Å². The minimum absolute atomic E-state index is 0.0122. The number of ether oxygens (including phenoxy) is 4. The number of alkyl halides is 1. The van der Waals surface area contributed by atoms with E-state index >= 15 is 0 Å². The van der Waals surface area contributed by atoms with Crippen molar-refractivity contribution >= 4 is 28.6 Å². The zero-order valence-electron chi connectivity index (χ0n) is 11.6. The summed E-state index contributed by atoms with van der Waals surface area (Å²) in [5, 5.41) is 0. The van der Waals surface area contributed by atoms with Gasteiger partial charge in [0.2, 0.25) is 6.29 Å². The van der Waals surface area contributed by atoms with Crippen molar-refractivity contribution in [1.29, 1.82) is 0 Å². The molecule has 2 saturated heterocycles. The number of rotatable bonds is 4. The molecule has 6 heteroatoms. The molecular weight excluding hydrogens is 387 g/mol. The first-order valence-electron chi connectivity index (χ1n) is 6.89. The lowest BCUT2D eigenvalue weighted by Crippen LogP contribution is -2.31. The smallest absolute Gasteiger partial charge is 0.304 e. The monoisotopic (exact) mass is 404 g/mol. The first-order chi connectivity index (χ1) is 10.1. The molecule has 0 aliphatic carbocycles. The number of hydrogen-bond acceptors (Lipinski definition) is 5. The van der Waals surface area contributed by atoms with Crippen LogP contribution in [0.25, 0.3) is 0 Å². The molecule has 5 atom stereocenters.